The third-order valence-corrected chi connectivity index (χ3v) is 2.75. The van der Waals surface area contributed by atoms with E-state index in [2.05, 4.69) is 10.3 Å². The number of nitrogens with zero attached hydrogens (tertiary/aromatic N) is 1. The van der Waals surface area contributed by atoms with Crippen LogP contribution in [0.4, 0.5) is 0 Å². The van der Waals surface area contributed by atoms with Gasteiger partial charge in [0.1, 0.15) is 5.76 Å². The Hall–Kier alpha value is -3.09. The first-order valence-corrected chi connectivity index (χ1v) is 6.48. The van der Waals surface area contributed by atoms with E-state index in [0.29, 0.717) is 0 Å². The molecule has 1 aliphatic rings. The lowest BCUT2D eigenvalue weighted by Crippen LogP contribution is -2.18. The Labute approximate surface area is 125 Å². The zero-order chi connectivity index (χ0) is 15.9. The summed E-state index contributed by atoms with van der Waals surface area (Å²) in [5.41, 5.74) is 1.09. The Morgan fingerprint density at radius 1 is 1.00 bits per heavy atom. The van der Waals surface area contributed by atoms with Gasteiger partial charge >= 0.3 is 11.9 Å². The van der Waals surface area contributed by atoms with Gasteiger partial charge in [-0.15, -0.1) is 0 Å². The summed E-state index contributed by atoms with van der Waals surface area (Å²) in [6, 6.07) is 14.0. The van der Waals surface area contributed by atoms with Crippen LogP contribution in [0.2, 0.25) is 0 Å². The summed E-state index contributed by atoms with van der Waals surface area (Å²) in [5.74, 6) is -1.09. The number of rotatable bonds is 2. The maximum absolute atomic E-state index is 9.10. The van der Waals surface area contributed by atoms with Crippen LogP contribution in [0.1, 0.15) is 5.76 Å². The molecule has 0 atom stereocenters. The molecule has 0 saturated carbocycles. The molecule has 0 spiro atoms. The van der Waals surface area contributed by atoms with Crippen LogP contribution in [-0.4, -0.2) is 41.1 Å². The molecule has 0 radical (unpaired) electrons. The summed E-state index contributed by atoms with van der Waals surface area (Å²) in [6.07, 6.45) is 0. The monoisotopic (exact) mass is 302 g/mol. The van der Waals surface area contributed by atoms with Gasteiger partial charge in [-0.05, 0) is 12.1 Å². The van der Waals surface area contributed by atoms with Crippen molar-refractivity contribution in [2.75, 3.05) is 13.1 Å². The largest absolute Gasteiger partial charge is 0.473 e. The predicted molar refractivity (Wildman–Crippen MR) is 78.8 cm³/mol. The molecule has 2 aromatic rings. The van der Waals surface area contributed by atoms with Gasteiger partial charge in [-0.25, -0.2) is 9.59 Å². The molecule has 7 nitrogen and oxygen atoms in total. The molecule has 1 aromatic carbocycles. The topological polar surface area (TPSA) is 112 Å². The quantitative estimate of drug-likeness (QED) is 0.724. The number of amidine groups is 1. The Balaban J connectivity index is 0.000000254. The minimum Gasteiger partial charge on any atom is -0.473 e. The first-order valence-electron chi connectivity index (χ1n) is 6.48. The molecule has 3 rings (SSSR count). The molecule has 3 N–H and O–H groups in total. The number of benzene rings is 1. The van der Waals surface area contributed by atoms with Crippen molar-refractivity contribution in [2.24, 2.45) is 4.99 Å². The summed E-state index contributed by atoms with van der Waals surface area (Å²) >= 11 is 0. The van der Waals surface area contributed by atoms with E-state index in [1.807, 2.05) is 42.5 Å². The van der Waals surface area contributed by atoms with Crippen LogP contribution in [0.5, 0.6) is 0 Å². The van der Waals surface area contributed by atoms with Gasteiger partial charge in [0.25, 0.3) is 0 Å². The third kappa shape index (κ3) is 3.95. The fourth-order valence-electron chi connectivity index (χ4n) is 1.79. The molecule has 0 saturated heterocycles. The molecule has 7 heteroatoms. The van der Waals surface area contributed by atoms with Crippen LogP contribution in [0, 0.1) is 0 Å². The Kier molecular flexibility index (Phi) is 4.92. The maximum atomic E-state index is 9.10. The highest BCUT2D eigenvalue weighted by molar-refractivity contribution is 6.27. The molecular formula is C15H14N2O5. The number of aliphatic carboxylic acids is 2. The van der Waals surface area contributed by atoms with Crippen molar-refractivity contribution < 1.29 is 24.2 Å². The normalized spacial score (nSPS) is 12.6. The van der Waals surface area contributed by atoms with Crippen molar-refractivity contribution in [2.45, 2.75) is 0 Å². The second kappa shape index (κ2) is 7.07. The van der Waals surface area contributed by atoms with Crippen molar-refractivity contribution in [1.29, 1.82) is 0 Å². The van der Waals surface area contributed by atoms with Gasteiger partial charge in [0.15, 0.2) is 11.6 Å². The first-order chi connectivity index (χ1) is 10.6. The number of carboxylic acids is 2. The number of nitrogens with one attached hydrogen (secondary N) is 1. The summed E-state index contributed by atoms with van der Waals surface area (Å²) in [6.45, 7) is 1.73. The average Bonchev–Trinajstić information content (AvgIpc) is 3.20. The summed E-state index contributed by atoms with van der Waals surface area (Å²) in [4.78, 5) is 22.5. The molecular weight excluding hydrogens is 288 g/mol. The smallest absolute Gasteiger partial charge is 0.414 e. The van der Waals surface area contributed by atoms with E-state index in [1.165, 1.54) is 0 Å². The molecule has 114 valence electrons. The second-order valence-corrected chi connectivity index (χ2v) is 4.30. The fraction of sp³-hybridized carbons (Fsp3) is 0.133. The zero-order valence-electron chi connectivity index (χ0n) is 11.5. The van der Waals surface area contributed by atoms with Gasteiger partial charge in [0.2, 0.25) is 0 Å². The summed E-state index contributed by atoms with van der Waals surface area (Å²) < 4.78 is 5.76. The lowest BCUT2D eigenvalue weighted by molar-refractivity contribution is -0.159. The van der Waals surface area contributed by atoms with Gasteiger partial charge in [0.05, 0.1) is 6.54 Å². The molecule has 1 aromatic heterocycles. The van der Waals surface area contributed by atoms with E-state index in [-0.39, 0.29) is 0 Å². The molecule has 22 heavy (non-hydrogen) atoms. The maximum Gasteiger partial charge on any atom is 0.414 e. The fourth-order valence-corrected chi connectivity index (χ4v) is 1.79. The van der Waals surface area contributed by atoms with Crippen molar-refractivity contribution in [3.63, 3.8) is 0 Å². The highest BCUT2D eigenvalue weighted by Gasteiger charge is 2.12. The Morgan fingerprint density at radius 3 is 2.18 bits per heavy atom. The standard InChI is InChI=1S/C13H12N2O.C2H2O4/c1-2-4-10(5-3-1)11-6-7-12(16-11)13-14-8-9-15-13;3-1(4)2(5)6/h1-7H,8-9H2,(H,14,15);(H,3,4)(H,5,6). The highest BCUT2D eigenvalue weighted by Crippen LogP contribution is 2.22. The van der Waals surface area contributed by atoms with Crippen LogP contribution >= 0.6 is 0 Å². The van der Waals surface area contributed by atoms with Crippen molar-refractivity contribution in [3.05, 3.63) is 48.2 Å². The number of carbonyl (C=O) groups is 2. The van der Waals surface area contributed by atoms with Crippen LogP contribution in [0.3, 0.4) is 0 Å². The highest BCUT2D eigenvalue weighted by atomic mass is 16.4. The molecule has 0 bridgehead atoms. The summed E-state index contributed by atoms with van der Waals surface area (Å²) in [7, 11) is 0. The molecule has 2 heterocycles. The Morgan fingerprint density at radius 2 is 1.64 bits per heavy atom. The molecule has 0 unspecified atom stereocenters. The predicted octanol–water partition coefficient (Wildman–Crippen LogP) is 1.45. The number of aliphatic imine (C=N–C) groups is 1. The SMILES string of the molecule is O=C(O)C(=O)O.c1ccc(-c2ccc(C3=NCCN3)o2)cc1. The van der Waals surface area contributed by atoms with Crippen LogP contribution in [0.15, 0.2) is 51.9 Å². The summed E-state index contributed by atoms with van der Waals surface area (Å²) in [5, 5.41) is 18.0. The van der Waals surface area contributed by atoms with Gasteiger partial charge in [-0.1, -0.05) is 30.3 Å². The van der Waals surface area contributed by atoms with E-state index in [0.717, 1.165) is 36.0 Å². The van der Waals surface area contributed by atoms with Crippen molar-refractivity contribution in [1.82, 2.24) is 5.32 Å². The van der Waals surface area contributed by atoms with Crippen molar-refractivity contribution >= 4 is 17.8 Å². The molecule has 0 fully saturated rings. The van der Waals surface area contributed by atoms with Crippen molar-refractivity contribution in [3.8, 4) is 11.3 Å². The van der Waals surface area contributed by atoms with E-state index in [9.17, 15) is 0 Å². The average molecular weight is 302 g/mol. The Bertz CT molecular complexity index is 679. The minimum absolute atomic E-state index is 0.816. The van der Waals surface area contributed by atoms with Gasteiger partial charge in [-0.3, -0.25) is 4.99 Å². The number of furan rings is 1. The van der Waals surface area contributed by atoms with Gasteiger partial charge in [0, 0.05) is 12.1 Å². The van der Waals surface area contributed by atoms with Gasteiger partial charge in [-0.2, -0.15) is 0 Å². The van der Waals surface area contributed by atoms with Crippen LogP contribution < -0.4 is 5.32 Å². The van der Waals surface area contributed by atoms with E-state index < -0.39 is 11.9 Å². The van der Waals surface area contributed by atoms with Crippen LogP contribution in [-0.2, 0) is 9.59 Å². The lowest BCUT2D eigenvalue weighted by Gasteiger charge is -1.98. The third-order valence-electron chi connectivity index (χ3n) is 2.75. The number of carboxylic acid groups (broad SMARTS) is 2. The van der Waals surface area contributed by atoms with E-state index >= 15 is 0 Å². The van der Waals surface area contributed by atoms with E-state index in [1.54, 1.807) is 0 Å². The van der Waals surface area contributed by atoms with Gasteiger partial charge < -0.3 is 19.9 Å². The van der Waals surface area contributed by atoms with E-state index in [4.69, 9.17) is 24.2 Å². The number of hydrogen-bond acceptors (Lipinski definition) is 5. The lowest BCUT2D eigenvalue weighted by atomic mass is 10.2. The molecule has 1 aliphatic heterocycles. The second-order valence-electron chi connectivity index (χ2n) is 4.30. The molecule has 0 amide bonds. The van der Waals surface area contributed by atoms with Crippen LogP contribution in [0.25, 0.3) is 11.3 Å². The number of hydrogen-bond donors (Lipinski definition) is 3. The first kappa shape index (κ1) is 15.3. The zero-order valence-corrected chi connectivity index (χ0v) is 11.5. The minimum atomic E-state index is -1.82. The molecule has 0 aliphatic carbocycles.